The molecule has 2 rings (SSSR count). The summed E-state index contributed by atoms with van der Waals surface area (Å²) < 4.78 is 12.1. The minimum Gasteiger partial charge on any atom is -0.479 e. The lowest BCUT2D eigenvalue weighted by molar-refractivity contribution is -0.122. The highest BCUT2D eigenvalue weighted by molar-refractivity contribution is 6.16. The molecule has 0 saturated carbocycles. The van der Waals surface area contributed by atoms with Crippen LogP contribution in [0.15, 0.2) is 6.33 Å². The molecule has 0 radical (unpaired) electrons. The number of amides is 1. The van der Waals surface area contributed by atoms with E-state index in [-0.39, 0.29) is 12.5 Å². The van der Waals surface area contributed by atoms with Gasteiger partial charge in [-0.3, -0.25) is 4.79 Å². The van der Waals surface area contributed by atoms with Crippen molar-refractivity contribution in [3.8, 4) is 5.88 Å². The smallest absolute Gasteiger partial charge is 0.245 e. The molecular formula is C11H14ClN5O3. The van der Waals surface area contributed by atoms with E-state index >= 15 is 0 Å². The van der Waals surface area contributed by atoms with Gasteiger partial charge in [-0.15, -0.1) is 11.6 Å². The molecule has 8 nitrogen and oxygen atoms in total. The third kappa shape index (κ3) is 2.97. The molecule has 0 saturated heterocycles. The number of nitrogens with zero attached hydrogens (tertiary/aromatic N) is 4. The number of carbonyl (C=O) groups excluding carboxylic acids is 1. The number of ether oxygens (including phenoxy) is 2. The second-order valence-electron chi connectivity index (χ2n) is 3.89. The van der Waals surface area contributed by atoms with Gasteiger partial charge in [0.25, 0.3) is 0 Å². The molecule has 108 valence electrons. The van der Waals surface area contributed by atoms with Gasteiger partial charge in [0, 0.05) is 6.54 Å². The molecule has 0 bridgehead atoms. The molecule has 0 aromatic carbocycles. The van der Waals surface area contributed by atoms with Crippen molar-refractivity contribution >= 4 is 28.7 Å². The van der Waals surface area contributed by atoms with Gasteiger partial charge in [-0.25, -0.2) is 9.97 Å². The van der Waals surface area contributed by atoms with Crippen LogP contribution in [0.1, 0.15) is 5.82 Å². The summed E-state index contributed by atoms with van der Waals surface area (Å²) in [5.74, 6) is 0.721. The first-order chi connectivity index (χ1) is 9.67. The lowest BCUT2D eigenvalue weighted by Crippen LogP contribution is -2.20. The number of rotatable bonds is 7. The molecule has 2 aromatic rings. The number of fused-ring (bicyclic) bond motifs is 1. The normalized spacial score (nSPS) is 10.9. The van der Waals surface area contributed by atoms with Crippen LogP contribution in [-0.2, 0) is 22.0 Å². The summed E-state index contributed by atoms with van der Waals surface area (Å²) in [6, 6.07) is 0. The fourth-order valence-corrected chi connectivity index (χ4v) is 1.98. The molecule has 0 spiro atoms. The fourth-order valence-electron chi connectivity index (χ4n) is 1.78. The van der Waals surface area contributed by atoms with Crippen LogP contribution >= 0.6 is 11.6 Å². The largest absolute Gasteiger partial charge is 0.479 e. The van der Waals surface area contributed by atoms with Crippen LogP contribution in [0.4, 0.5) is 0 Å². The van der Waals surface area contributed by atoms with Crippen LogP contribution in [0.3, 0.4) is 0 Å². The molecule has 0 atom stereocenters. The Morgan fingerprint density at radius 2 is 2.30 bits per heavy atom. The van der Waals surface area contributed by atoms with Crippen molar-refractivity contribution in [2.45, 2.75) is 12.4 Å². The highest BCUT2D eigenvalue weighted by Gasteiger charge is 2.15. The molecule has 2 N–H and O–H groups in total. The number of methoxy groups -OCH3 is 1. The maximum absolute atomic E-state index is 10.6. The van der Waals surface area contributed by atoms with Gasteiger partial charge in [0.2, 0.25) is 11.8 Å². The predicted octanol–water partition coefficient (Wildman–Crippen LogP) is 0.0756. The van der Waals surface area contributed by atoms with Crippen molar-refractivity contribution in [2.24, 2.45) is 5.73 Å². The third-order valence-corrected chi connectivity index (χ3v) is 2.83. The fraction of sp³-hybridized carbons (Fsp3) is 0.455. The number of imidazole rings is 1. The number of nitrogens with two attached hydrogens (primary N) is 1. The quantitative estimate of drug-likeness (QED) is 0.573. The van der Waals surface area contributed by atoms with Crippen molar-refractivity contribution < 1.29 is 14.3 Å². The topological polar surface area (TPSA) is 105 Å². The molecule has 0 fully saturated rings. The highest BCUT2D eigenvalue weighted by Crippen LogP contribution is 2.22. The molecule has 9 heteroatoms. The number of alkyl halides is 1. The molecule has 0 aliphatic carbocycles. The Morgan fingerprint density at radius 3 is 2.95 bits per heavy atom. The van der Waals surface area contributed by atoms with Gasteiger partial charge in [0.05, 0.1) is 19.6 Å². The Balaban J connectivity index is 2.24. The second kappa shape index (κ2) is 6.49. The zero-order chi connectivity index (χ0) is 14.5. The third-order valence-electron chi connectivity index (χ3n) is 2.59. The number of carbonyl (C=O) groups is 1. The van der Waals surface area contributed by atoms with Crippen LogP contribution in [0.5, 0.6) is 5.88 Å². The second-order valence-corrected chi connectivity index (χ2v) is 4.15. The number of halogens is 1. The first-order valence-corrected chi connectivity index (χ1v) is 6.37. The lowest BCUT2D eigenvalue weighted by atomic mass is 10.5. The monoisotopic (exact) mass is 299 g/mol. The summed E-state index contributed by atoms with van der Waals surface area (Å²) >= 11 is 5.88. The van der Waals surface area contributed by atoms with E-state index < -0.39 is 5.91 Å². The van der Waals surface area contributed by atoms with Gasteiger partial charge in [-0.1, -0.05) is 0 Å². The van der Waals surface area contributed by atoms with Gasteiger partial charge in [-0.2, -0.15) is 4.98 Å². The maximum Gasteiger partial charge on any atom is 0.245 e. The van der Waals surface area contributed by atoms with Gasteiger partial charge in [0.1, 0.15) is 18.8 Å². The van der Waals surface area contributed by atoms with E-state index in [1.165, 1.54) is 13.4 Å². The highest BCUT2D eigenvalue weighted by atomic mass is 35.5. The first kappa shape index (κ1) is 14.5. The number of aromatic nitrogens is 4. The Hall–Kier alpha value is -1.93. The van der Waals surface area contributed by atoms with E-state index in [4.69, 9.17) is 26.8 Å². The number of primary amides is 1. The van der Waals surface area contributed by atoms with Gasteiger partial charge in [-0.05, 0) is 0 Å². The molecule has 1 amide bonds. The van der Waals surface area contributed by atoms with Crippen molar-refractivity contribution in [1.29, 1.82) is 0 Å². The molecule has 2 aromatic heterocycles. The average Bonchev–Trinajstić information content (AvgIpc) is 2.81. The molecule has 2 heterocycles. The Morgan fingerprint density at radius 1 is 1.50 bits per heavy atom. The van der Waals surface area contributed by atoms with Gasteiger partial charge in [0.15, 0.2) is 11.2 Å². The van der Waals surface area contributed by atoms with Crippen LogP contribution in [0.25, 0.3) is 11.2 Å². The SMILES string of the molecule is COc1ncnc2c1nc(CCl)n2CCOCC(N)=O. The zero-order valence-electron chi connectivity index (χ0n) is 10.9. The minimum atomic E-state index is -0.512. The van der Waals surface area contributed by atoms with E-state index in [2.05, 4.69) is 15.0 Å². The van der Waals surface area contributed by atoms with E-state index in [0.717, 1.165) is 0 Å². The van der Waals surface area contributed by atoms with Crippen LogP contribution in [-0.4, -0.2) is 45.7 Å². The van der Waals surface area contributed by atoms with E-state index in [9.17, 15) is 4.79 Å². The summed E-state index contributed by atoms with van der Waals surface area (Å²) in [5.41, 5.74) is 6.14. The molecule has 20 heavy (non-hydrogen) atoms. The molecule has 0 aliphatic heterocycles. The van der Waals surface area contributed by atoms with Crippen LogP contribution in [0, 0.1) is 0 Å². The van der Waals surface area contributed by atoms with Crippen molar-refractivity contribution in [3.05, 3.63) is 12.2 Å². The standard InChI is InChI=1S/C11H14ClN5O3/c1-19-11-9-10(14-6-15-11)17(8(4-12)16-9)2-3-20-5-7(13)18/h6H,2-5H2,1H3,(H2,13,18). The van der Waals surface area contributed by atoms with Crippen molar-refractivity contribution in [1.82, 2.24) is 19.5 Å². The lowest BCUT2D eigenvalue weighted by Gasteiger charge is -2.07. The average molecular weight is 300 g/mol. The van der Waals surface area contributed by atoms with E-state index in [1.54, 1.807) is 4.57 Å². The van der Waals surface area contributed by atoms with Crippen LogP contribution in [0.2, 0.25) is 0 Å². The minimum absolute atomic E-state index is 0.124. The van der Waals surface area contributed by atoms with Crippen molar-refractivity contribution in [3.63, 3.8) is 0 Å². The molecule has 0 unspecified atom stereocenters. The number of hydrogen-bond acceptors (Lipinski definition) is 6. The number of hydrogen-bond donors (Lipinski definition) is 1. The van der Waals surface area contributed by atoms with Crippen LogP contribution < -0.4 is 10.5 Å². The van der Waals surface area contributed by atoms with E-state index in [0.29, 0.717) is 36.0 Å². The Labute approximate surface area is 119 Å². The summed E-state index contributed by atoms with van der Waals surface area (Å²) in [6.45, 7) is 0.623. The molecule has 0 aliphatic rings. The Kier molecular flexibility index (Phi) is 4.70. The van der Waals surface area contributed by atoms with Gasteiger partial charge < -0.3 is 19.8 Å². The summed E-state index contributed by atoms with van der Waals surface area (Å²) in [6.07, 6.45) is 1.39. The first-order valence-electron chi connectivity index (χ1n) is 5.83. The summed E-state index contributed by atoms with van der Waals surface area (Å²) in [4.78, 5) is 23.1. The van der Waals surface area contributed by atoms with Crippen molar-refractivity contribution in [2.75, 3.05) is 20.3 Å². The Bertz CT molecular complexity index is 615. The maximum atomic E-state index is 10.6. The summed E-state index contributed by atoms with van der Waals surface area (Å²) in [5, 5.41) is 0. The zero-order valence-corrected chi connectivity index (χ0v) is 11.6. The molecular weight excluding hydrogens is 286 g/mol. The summed E-state index contributed by atoms with van der Waals surface area (Å²) in [7, 11) is 1.51. The van der Waals surface area contributed by atoms with Gasteiger partial charge >= 0.3 is 0 Å². The predicted molar refractivity (Wildman–Crippen MR) is 71.4 cm³/mol. The van der Waals surface area contributed by atoms with E-state index in [1.807, 2.05) is 0 Å².